The Hall–Kier alpha value is -2.98. The summed E-state index contributed by atoms with van der Waals surface area (Å²) in [5.41, 5.74) is 2.89. The lowest BCUT2D eigenvalue weighted by atomic mass is 9.72. The highest BCUT2D eigenvalue weighted by molar-refractivity contribution is 7.92. The second kappa shape index (κ2) is 8.99. The maximum absolute atomic E-state index is 11.7. The number of fused-ring (bicyclic) bond motifs is 1. The number of rotatable bonds is 7. The van der Waals surface area contributed by atoms with E-state index in [0.717, 1.165) is 62.4 Å². The monoisotopic (exact) mass is 481 g/mol. The first-order valence-electron chi connectivity index (χ1n) is 11.8. The van der Waals surface area contributed by atoms with Crippen molar-refractivity contribution in [1.82, 2.24) is 19.9 Å². The Morgan fingerprint density at radius 2 is 1.79 bits per heavy atom. The summed E-state index contributed by atoms with van der Waals surface area (Å²) in [5.74, 6) is 1.64. The molecule has 0 bridgehead atoms. The number of anilines is 3. The van der Waals surface area contributed by atoms with Gasteiger partial charge in [0.15, 0.2) is 5.65 Å². The molecule has 10 heteroatoms. The fourth-order valence-electron chi connectivity index (χ4n) is 4.90. The smallest absolute Gasteiger partial charge is 0.232 e. The number of nitrogens with one attached hydrogen (secondary N) is 2. The second-order valence-corrected chi connectivity index (χ2v) is 11.3. The summed E-state index contributed by atoms with van der Waals surface area (Å²) < 4.78 is 26.1. The number of benzene rings is 1. The predicted molar refractivity (Wildman–Crippen MR) is 136 cm³/mol. The van der Waals surface area contributed by atoms with Crippen LogP contribution in [0.15, 0.2) is 42.6 Å². The number of aromatic nitrogens is 3. The van der Waals surface area contributed by atoms with Crippen LogP contribution < -0.4 is 14.9 Å². The zero-order valence-electron chi connectivity index (χ0n) is 19.7. The molecule has 1 aromatic carbocycles. The van der Waals surface area contributed by atoms with E-state index >= 15 is 0 Å². The lowest BCUT2D eigenvalue weighted by Crippen LogP contribution is -2.60. The Morgan fingerprint density at radius 3 is 2.47 bits per heavy atom. The number of hydrogen-bond donors (Lipinski definition) is 2. The summed E-state index contributed by atoms with van der Waals surface area (Å²) >= 11 is 0. The summed E-state index contributed by atoms with van der Waals surface area (Å²) in [6, 6.07) is 11.7. The zero-order valence-corrected chi connectivity index (χ0v) is 20.5. The molecule has 0 saturated carbocycles. The topological polar surface area (TPSA) is 103 Å². The van der Waals surface area contributed by atoms with Crippen molar-refractivity contribution in [3.8, 4) is 0 Å². The van der Waals surface area contributed by atoms with Gasteiger partial charge in [0, 0.05) is 44.0 Å². The quantitative estimate of drug-likeness (QED) is 0.531. The van der Waals surface area contributed by atoms with Crippen LogP contribution in [0.4, 0.5) is 17.5 Å². The molecule has 5 rings (SSSR count). The van der Waals surface area contributed by atoms with Crippen LogP contribution in [0.5, 0.6) is 0 Å². The van der Waals surface area contributed by atoms with Gasteiger partial charge in [0.2, 0.25) is 16.0 Å². The van der Waals surface area contributed by atoms with Gasteiger partial charge in [0.05, 0.1) is 11.1 Å². The minimum absolute atomic E-state index is 0.0721. The van der Waals surface area contributed by atoms with Crippen molar-refractivity contribution >= 4 is 38.5 Å². The molecular formula is C24H31N7O2S. The summed E-state index contributed by atoms with van der Waals surface area (Å²) in [4.78, 5) is 18.5. The molecule has 2 N–H and O–H groups in total. The Labute approximate surface area is 200 Å². The van der Waals surface area contributed by atoms with Crippen LogP contribution in [0.3, 0.4) is 0 Å². The average Bonchev–Trinajstić information content (AvgIpc) is 2.83. The Kier molecular flexibility index (Phi) is 6.03. The predicted octanol–water partition coefficient (Wildman–Crippen LogP) is 2.93. The molecule has 2 aliphatic rings. The van der Waals surface area contributed by atoms with Gasteiger partial charge >= 0.3 is 0 Å². The normalized spacial score (nSPS) is 18.1. The second-order valence-electron chi connectivity index (χ2n) is 9.33. The van der Waals surface area contributed by atoms with Crippen molar-refractivity contribution in [3.63, 3.8) is 0 Å². The molecule has 1 spiro atoms. The molecule has 2 aliphatic heterocycles. The molecule has 0 aliphatic carbocycles. The average molecular weight is 482 g/mol. The van der Waals surface area contributed by atoms with E-state index in [1.807, 2.05) is 43.4 Å². The van der Waals surface area contributed by atoms with E-state index in [1.54, 1.807) is 13.1 Å². The first kappa shape index (κ1) is 22.8. The number of hydrogen-bond acceptors (Lipinski definition) is 8. The third-order valence-corrected chi connectivity index (χ3v) is 8.26. The summed E-state index contributed by atoms with van der Waals surface area (Å²) in [7, 11) is -1.41. The Morgan fingerprint density at radius 1 is 1.06 bits per heavy atom. The molecule has 2 aromatic heterocycles. The van der Waals surface area contributed by atoms with E-state index in [2.05, 4.69) is 29.8 Å². The summed E-state index contributed by atoms with van der Waals surface area (Å²) in [6.45, 7) is 6.66. The van der Waals surface area contributed by atoms with Gasteiger partial charge in [-0.25, -0.2) is 13.4 Å². The van der Waals surface area contributed by atoms with Gasteiger partial charge < -0.3 is 10.2 Å². The molecule has 9 nitrogen and oxygen atoms in total. The van der Waals surface area contributed by atoms with E-state index < -0.39 is 10.0 Å². The van der Waals surface area contributed by atoms with E-state index in [9.17, 15) is 8.42 Å². The SMILES string of the molecule is CCS(=O)(=O)Nc1ccc(CN2CCC3(CC2)CN(c2nc(NC)nc4ncccc24)C3)cc1. The Bertz CT molecular complexity index is 1260. The van der Waals surface area contributed by atoms with Crippen molar-refractivity contribution in [3.05, 3.63) is 48.2 Å². The molecule has 2 saturated heterocycles. The molecule has 0 unspecified atom stereocenters. The molecule has 34 heavy (non-hydrogen) atoms. The molecule has 0 radical (unpaired) electrons. The van der Waals surface area contributed by atoms with Gasteiger partial charge in [0.25, 0.3) is 0 Å². The van der Waals surface area contributed by atoms with Crippen molar-refractivity contribution in [2.45, 2.75) is 26.3 Å². The van der Waals surface area contributed by atoms with Crippen LogP contribution >= 0.6 is 0 Å². The maximum atomic E-state index is 11.7. The van der Waals surface area contributed by atoms with Crippen molar-refractivity contribution < 1.29 is 8.42 Å². The minimum Gasteiger partial charge on any atom is -0.357 e. The molecule has 4 heterocycles. The lowest BCUT2D eigenvalue weighted by molar-refractivity contribution is 0.0721. The molecule has 180 valence electrons. The third-order valence-electron chi connectivity index (χ3n) is 6.96. The standard InChI is InChI=1S/C24H31N7O2S/c1-3-34(32,33)29-19-8-6-18(7-9-19)15-30-13-10-24(11-14-30)16-31(17-24)22-20-5-4-12-26-21(20)27-23(25-2)28-22/h4-9,12,29H,3,10-11,13-17H2,1-2H3,(H,25,26,27,28). The molecule has 0 atom stereocenters. The fourth-order valence-corrected chi connectivity index (χ4v) is 5.54. The van der Waals surface area contributed by atoms with Gasteiger partial charge in [-0.05, 0) is 62.7 Å². The fraction of sp³-hybridized carbons (Fsp3) is 0.458. The van der Waals surface area contributed by atoms with Crippen LogP contribution in [-0.4, -0.2) is 67.2 Å². The van der Waals surface area contributed by atoms with Gasteiger partial charge in [-0.1, -0.05) is 12.1 Å². The third kappa shape index (κ3) is 4.65. The maximum Gasteiger partial charge on any atom is 0.232 e. The lowest BCUT2D eigenvalue weighted by Gasteiger charge is -2.54. The first-order valence-corrected chi connectivity index (χ1v) is 13.4. The van der Waals surface area contributed by atoms with E-state index in [-0.39, 0.29) is 5.75 Å². The van der Waals surface area contributed by atoms with Crippen LogP contribution in [0, 0.1) is 5.41 Å². The van der Waals surface area contributed by atoms with E-state index in [1.165, 1.54) is 5.56 Å². The number of piperidine rings is 1. The Balaban J connectivity index is 1.18. The molecule has 2 fully saturated rings. The molecule has 0 amide bonds. The highest BCUT2D eigenvalue weighted by atomic mass is 32.2. The van der Waals surface area contributed by atoms with E-state index in [0.29, 0.717) is 17.1 Å². The van der Waals surface area contributed by atoms with Crippen LogP contribution in [-0.2, 0) is 16.6 Å². The number of pyridine rings is 1. The number of likely N-dealkylation sites (tertiary alicyclic amines) is 1. The van der Waals surface area contributed by atoms with Crippen molar-refractivity contribution in [2.24, 2.45) is 5.41 Å². The van der Waals surface area contributed by atoms with E-state index in [4.69, 9.17) is 4.98 Å². The first-order chi connectivity index (χ1) is 16.4. The molecule has 3 aromatic rings. The van der Waals surface area contributed by atoms with Crippen LogP contribution in [0.1, 0.15) is 25.3 Å². The summed E-state index contributed by atoms with van der Waals surface area (Å²) in [5, 5.41) is 4.05. The van der Waals surface area contributed by atoms with Gasteiger partial charge in [0.1, 0.15) is 5.82 Å². The number of sulfonamides is 1. The minimum atomic E-state index is -3.24. The largest absolute Gasteiger partial charge is 0.357 e. The van der Waals surface area contributed by atoms with Crippen molar-refractivity contribution in [2.75, 3.05) is 53.9 Å². The van der Waals surface area contributed by atoms with Crippen molar-refractivity contribution in [1.29, 1.82) is 0 Å². The zero-order chi connectivity index (χ0) is 23.8. The van der Waals surface area contributed by atoms with Gasteiger partial charge in [-0.15, -0.1) is 0 Å². The highest BCUT2D eigenvalue weighted by Crippen LogP contribution is 2.43. The summed E-state index contributed by atoms with van der Waals surface area (Å²) in [6.07, 6.45) is 4.10. The van der Waals surface area contributed by atoms with Gasteiger partial charge in [-0.2, -0.15) is 9.97 Å². The number of nitrogens with zero attached hydrogens (tertiary/aromatic N) is 5. The molecular weight excluding hydrogens is 450 g/mol. The van der Waals surface area contributed by atoms with Crippen LogP contribution in [0.2, 0.25) is 0 Å². The van der Waals surface area contributed by atoms with Crippen LogP contribution in [0.25, 0.3) is 11.0 Å². The van der Waals surface area contributed by atoms with Gasteiger partial charge in [-0.3, -0.25) is 9.62 Å². The highest BCUT2D eigenvalue weighted by Gasteiger charge is 2.45.